The SMILES string of the molecule is C=CCOC(=O)Oc1cccc(-c2ccccc2)c1. The molecule has 96 valence electrons. The molecule has 3 nitrogen and oxygen atoms in total. The van der Waals surface area contributed by atoms with Crippen molar-refractivity contribution in [3.05, 3.63) is 67.3 Å². The first-order valence-electron chi connectivity index (χ1n) is 5.90. The lowest BCUT2D eigenvalue weighted by Gasteiger charge is -2.06. The Labute approximate surface area is 112 Å². The molecule has 0 N–H and O–H groups in total. The van der Waals surface area contributed by atoms with E-state index >= 15 is 0 Å². The van der Waals surface area contributed by atoms with Crippen LogP contribution in [0.1, 0.15) is 0 Å². The Morgan fingerprint density at radius 3 is 2.53 bits per heavy atom. The highest BCUT2D eigenvalue weighted by atomic mass is 16.7. The molecular formula is C16H14O3. The predicted octanol–water partition coefficient (Wildman–Crippen LogP) is 4.06. The Balaban J connectivity index is 2.11. The van der Waals surface area contributed by atoms with E-state index in [1.54, 1.807) is 12.1 Å². The van der Waals surface area contributed by atoms with Crippen LogP contribution in [0.5, 0.6) is 5.75 Å². The number of hydrogen-bond donors (Lipinski definition) is 0. The van der Waals surface area contributed by atoms with Gasteiger partial charge in [0, 0.05) is 0 Å². The van der Waals surface area contributed by atoms with Gasteiger partial charge in [-0.05, 0) is 23.3 Å². The van der Waals surface area contributed by atoms with Crippen LogP contribution in [0.15, 0.2) is 67.3 Å². The summed E-state index contributed by atoms with van der Waals surface area (Å²) < 4.78 is 9.83. The van der Waals surface area contributed by atoms with E-state index in [9.17, 15) is 4.79 Å². The Morgan fingerprint density at radius 2 is 1.79 bits per heavy atom. The smallest absolute Gasteiger partial charge is 0.430 e. The predicted molar refractivity (Wildman–Crippen MR) is 74.1 cm³/mol. The molecule has 3 heteroatoms. The van der Waals surface area contributed by atoms with Gasteiger partial charge in [0.2, 0.25) is 0 Å². The maximum atomic E-state index is 11.3. The summed E-state index contributed by atoms with van der Waals surface area (Å²) in [4.78, 5) is 11.3. The van der Waals surface area contributed by atoms with Gasteiger partial charge in [-0.1, -0.05) is 55.1 Å². The van der Waals surface area contributed by atoms with E-state index < -0.39 is 6.16 Å². The second-order valence-corrected chi connectivity index (χ2v) is 3.85. The Morgan fingerprint density at radius 1 is 1.05 bits per heavy atom. The van der Waals surface area contributed by atoms with Crippen LogP contribution in [0, 0.1) is 0 Å². The van der Waals surface area contributed by atoms with E-state index in [1.165, 1.54) is 6.08 Å². The summed E-state index contributed by atoms with van der Waals surface area (Å²) in [5.41, 5.74) is 2.04. The lowest BCUT2D eigenvalue weighted by Crippen LogP contribution is -2.10. The second-order valence-electron chi connectivity index (χ2n) is 3.85. The Kier molecular flexibility index (Phi) is 4.34. The van der Waals surface area contributed by atoms with Crippen molar-refractivity contribution in [2.45, 2.75) is 0 Å². The van der Waals surface area contributed by atoms with Crippen LogP contribution in [0.4, 0.5) is 4.79 Å². The molecule has 0 aliphatic heterocycles. The average Bonchev–Trinajstić information content (AvgIpc) is 2.46. The minimum atomic E-state index is -0.731. The first-order valence-corrected chi connectivity index (χ1v) is 5.90. The summed E-state index contributed by atoms with van der Waals surface area (Å²) in [5, 5.41) is 0. The van der Waals surface area contributed by atoms with Crippen molar-refractivity contribution in [2.75, 3.05) is 6.61 Å². The maximum absolute atomic E-state index is 11.3. The van der Waals surface area contributed by atoms with E-state index in [0.717, 1.165) is 11.1 Å². The summed E-state index contributed by atoms with van der Waals surface area (Å²) in [7, 11) is 0. The van der Waals surface area contributed by atoms with Crippen molar-refractivity contribution in [3.63, 3.8) is 0 Å². The zero-order valence-corrected chi connectivity index (χ0v) is 10.4. The van der Waals surface area contributed by atoms with Crippen LogP contribution in [0.3, 0.4) is 0 Å². The van der Waals surface area contributed by atoms with Gasteiger partial charge in [0.1, 0.15) is 12.4 Å². The van der Waals surface area contributed by atoms with Gasteiger partial charge < -0.3 is 9.47 Å². The van der Waals surface area contributed by atoms with E-state index in [1.807, 2.05) is 42.5 Å². The quantitative estimate of drug-likeness (QED) is 0.469. The van der Waals surface area contributed by atoms with Gasteiger partial charge in [-0.15, -0.1) is 0 Å². The third-order valence-electron chi connectivity index (χ3n) is 2.46. The third-order valence-corrected chi connectivity index (χ3v) is 2.46. The van der Waals surface area contributed by atoms with Gasteiger partial charge in [0.25, 0.3) is 0 Å². The van der Waals surface area contributed by atoms with Crippen LogP contribution < -0.4 is 4.74 Å². The fourth-order valence-electron chi connectivity index (χ4n) is 1.62. The molecule has 0 aliphatic carbocycles. The molecule has 2 rings (SSSR count). The number of benzene rings is 2. The van der Waals surface area contributed by atoms with Crippen LogP contribution >= 0.6 is 0 Å². The molecule has 0 spiro atoms. The maximum Gasteiger partial charge on any atom is 0.514 e. The summed E-state index contributed by atoms with van der Waals surface area (Å²) in [6, 6.07) is 17.2. The van der Waals surface area contributed by atoms with Gasteiger partial charge >= 0.3 is 6.16 Å². The molecule has 0 unspecified atom stereocenters. The monoisotopic (exact) mass is 254 g/mol. The van der Waals surface area contributed by atoms with Crippen LogP contribution in [-0.2, 0) is 4.74 Å². The molecule has 0 heterocycles. The van der Waals surface area contributed by atoms with Crippen molar-refractivity contribution in [1.82, 2.24) is 0 Å². The first-order chi connectivity index (χ1) is 9.29. The highest BCUT2D eigenvalue weighted by Gasteiger charge is 2.06. The first kappa shape index (κ1) is 12.9. The second kappa shape index (κ2) is 6.40. The molecule has 0 saturated carbocycles. The van der Waals surface area contributed by atoms with E-state index in [0.29, 0.717) is 5.75 Å². The normalized spacial score (nSPS) is 9.68. The lowest BCUT2D eigenvalue weighted by atomic mass is 10.1. The summed E-state index contributed by atoms with van der Waals surface area (Å²) >= 11 is 0. The van der Waals surface area contributed by atoms with Crippen molar-refractivity contribution >= 4 is 6.16 Å². The minimum Gasteiger partial charge on any atom is -0.430 e. The highest BCUT2D eigenvalue weighted by Crippen LogP contribution is 2.23. The molecule has 2 aromatic carbocycles. The molecule has 0 aliphatic rings. The number of carbonyl (C=O) groups is 1. The molecule has 2 aromatic rings. The molecule has 0 aromatic heterocycles. The standard InChI is InChI=1S/C16H14O3/c1-2-11-18-16(17)19-15-10-6-9-14(12-15)13-7-4-3-5-8-13/h2-10,12H,1,11H2. The Bertz CT molecular complexity index is 561. The number of rotatable bonds is 4. The topological polar surface area (TPSA) is 35.5 Å². The lowest BCUT2D eigenvalue weighted by molar-refractivity contribution is 0.109. The molecule has 0 amide bonds. The number of hydrogen-bond acceptors (Lipinski definition) is 3. The largest absolute Gasteiger partial charge is 0.514 e. The minimum absolute atomic E-state index is 0.136. The molecular weight excluding hydrogens is 240 g/mol. The highest BCUT2D eigenvalue weighted by molar-refractivity contribution is 5.68. The van der Waals surface area contributed by atoms with Crippen LogP contribution in [-0.4, -0.2) is 12.8 Å². The van der Waals surface area contributed by atoms with Crippen LogP contribution in [0.25, 0.3) is 11.1 Å². The fraction of sp³-hybridized carbons (Fsp3) is 0.0625. The Hall–Kier alpha value is -2.55. The number of ether oxygens (including phenoxy) is 2. The molecule has 0 radical (unpaired) electrons. The van der Waals surface area contributed by atoms with E-state index in [2.05, 4.69) is 6.58 Å². The summed E-state index contributed by atoms with van der Waals surface area (Å²) in [5.74, 6) is 0.454. The molecule has 0 bridgehead atoms. The van der Waals surface area contributed by atoms with Crippen molar-refractivity contribution in [2.24, 2.45) is 0 Å². The fourth-order valence-corrected chi connectivity index (χ4v) is 1.62. The van der Waals surface area contributed by atoms with Gasteiger partial charge in [0.05, 0.1) is 0 Å². The van der Waals surface area contributed by atoms with Crippen LogP contribution in [0.2, 0.25) is 0 Å². The van der Waals surface area contributed by atoms with E-state index in [4.69, 9.17) is 9.47 Å². The van der Waals surface area contributed by atoms with Crippen molar-refractivity contribution < 1.29 is 14.3 Å². The average molecular weight is 254 g/mol. The zero-order valence-electron chi connectivity index (χ0n) is 10.4. The van der Waals surface area contributed by atoms with Crippen molar-refractivity contribution in [1.29, 1.82) is 0 Å². The van der Waals surface area contributed by atoms with Gasteiger partial charge in [-0.25, -0.2) is 4.79 Å². The molecule has 0 saturated heterocycles. The van der Waals surface area contributed by atoms with Gasteiger partial charge in [-0.2, -0.15) is 0 Å². The molecule has 19 heavy (non-hydrogen) atoms. The zero-order chi connectivity index (χ0) is 13.5. The summed E-state index contributed by atoms with van der Waals surface area (Å²) in [6.07, 6.45) is 0.756. The van der Waals surface area contributed by atoms with Gasteiger partial charge in [-0.3, -0.25) is 0 Å². The van der Waals surface area contributed by atoms with Crippen molar-refractivity contribution in [3.8, 4) is 16.9 Å². The molecule has 0 atom stereocenters. The summed E-state index contributed by atoms with van der Waals surface area (Å²) in [6.45, 7) is 3.60. The van der Waals surface area contributed by atoms with Gasteiger partial charge in [0.15, 0.2) is 0 Å². The van der Waals surface area contributed by atoms with E-state index in [-0.39, 0.29) is 6.61 Å². The number of carbonyl (C=O) groups excluding carboxylic acids is 1. The molecule has 0 fully saturated rings. The third kappa shape index (κ3) is 3.71.